The molecule has 0 spiro atoms. The van der Waals surface area contributed by atoms with Crippen LogP contribution in [0.1, 0.15) is 23.1 Å². The van der Waals surface area contributed by atoms with Gasteiger partial charge in [-0.05, 0) is 36.9 Å². The van der Waals surface area contributed by atoms with Crippen LogP contribution in [0.15, 0.2) is 46.7 Å². The average molecular weight is 314 g/mol. The lowest BCUT2D eigenvalue weighted by Crippen LogP contribution is -3.09. The largest absolute Gasteiger partial charge is 0.326 e. The molecule has 0 amide bonds. The van der Waals surface area contributed by atoms with Gasteiger partial charge in [0.2, 0.25) is 0 Å². The predicted octanol–water partition coefficient (Wildman–Crippen LogP) is 1.67. The minimum atomic E-state index is -0.00437. The fraction of sp³-hybridized carbons (Fsp3) is 0.294. The zero-order chi connectivity index (χ0) is 15.5. The first kappa shape index (κ1) is 14.9. The van der Waals surface area contributed by atoms with E-state index in [9.17, 15) is 4.79 Å². The molecular weight excluding hydrogens is 294 g/mol. The molecule has 0 saturated carbocycles. The topological polar surface area (TPSA) is 38.8 Å². The molecule has 0 aromatic carbocycles. The van der Waals surface area contributed by atoms with Crippen molar-refractivity contribution in [2.45, 2.75) is 26.9 Å². The fourth-order valence-electron chi connectivity index (χ4n) is 2.58. The highest BCUT2D eigenvalue weighted by molar-refractivity contribution is 7.09. The third-order valence-electron chi connectivity index (χ3n) is 3.80. The molecule has 0 aliphatic carbocycles. The molecule has 0 aliphatic heterocycles. The zero-order valence-electron chi connectivity index (χ0n) is 12.9. The molecule has 114 valence electrons. The highest BCUT2D eigenvalue weighted by Gasteiger charge is 2.12. The van der Waals surface area contributed by atoms with Crippen molar-refractivity contribution in [3.8, 4) is 0 Å². The third kappa shape index (κ3) is 3.26. The van der Waals surface area contributed by atoms with Crippen LogP contribution >= 0.6 is 11.3 Å². The van der Waals surface area contributed by atoms with E-state index in [1.54, 1.807) is 21.8 Å². The number of pyridine rings is 1. The standard InChI is InChI=1S/C17H19N3OS/c1-3-19(12-15-5-4-8-22-15)11-14-9-17(21)20-10-13(2)6-7-16(20)18-14/h4-10H,3,11-12H2,1-2H3/p+1. The van der Waals surface area contributed by atoms with E-state index in [1.165, 1.54) is 9.78 Å². The summed E-state index contributed by atoms with van der Waals surface area (Å²) in [5.74, 6) is 0. The van der Waals surface area contributed by atoms with Crippen LogP contribution in [-0.4, -0.2) is 15.9 Å². The highest BCUT2D eigenvalue weighted by atomic mass is 32.1. The molecular formula is C17H20N3OS+. The van der Waals surface area contributed by atoms with Crippen LogP contribution in [0.5, 0.6) is 0 Å². The molecule has 0 fully saturated rings. The monoisotopic (exact) mass is 314 g/mol. The van der Waals surface area contributed by atoms with E-state index in [-0.39, 0.29) is 5.56 Å². The maximum Gasteiger partial charge on any atom is 0.258 e. The molecule has 0 saturated heterocycles. The molecule has 4 nitrogen and oxygen atoms in total. The number of thiophene rings is 1. The molecule has 5 heteroatoms. The zero-order valence-corrected chi connectivity index (χ0v) is 13.7. The van der Waals surface area contributed by atoms with Crippen molar-refractivity contribution in [2.75, 3.05) is 6.54 Å². The Balaban J connectivity index is 1.86. The Kier molecular flexibility index (Phi) is 4.36. The summed E-state index contributed by atoms with van der Waals surface area (Å²) in [5.41, 5.74) is 2.64. The summed E-state index contributed by atoms with van der Waals surface area (Å²) in [4.78, 5) is 19.7. The van der Waals surface area contributed by atoms with Gasteiger partial charge >= 0.3 is 0 Å². The summed E-state index contributed by atoms with van der Waals surface area (Å²) in [6.07, 6.45) is 1.84. The number of fused-ring (bicyclic) bond motifs is 1. The van der Waals surface area contributed by atoms with Gasteiger partial charge in [-0.25, -0.2) is 4.98 Å². The Labute approximate surface area is 133 Å². The third-order valence-corrected chi connectivity index (χ3v) is 4.67. The van der Waals surface area contributed by atoms with Crippen molar-refractivity contribution in [1.82, 2.24) is 9.38 Å². The predicted molar refractivity (Wildman–Crippen MR) is 89.4 cm³/mol. The second-order valence-corrected chi connectivity index (χ2v) is 6.59. The summed E-state index contributed by atoms with van der Waals surface area (Å²) in [5, 5.41) is 2.10. The molecule has 3 heterocycles. The second kappa shape index (κ2) is 6.42. The smallest absolute Gasteiger partial charge is 0.258 e. The number of nitrogens with zero attached hydrogens (tertiary/aromatic N) is 2. The Hall–Kier alpha value is -1.98. The Morgan fingerprint density at radius 2 is 2.14 bits per heavy atom. The van der Waals surface area contributed by atoms with E-state index >= 15 is 0 Å². The van der Waals surface area contributed by atoms with E-state index in [0.717, 1.165) is 36.5 Å². The molecule has 0 radical (unpaired) electrons. The van der Waals surface area contributed by atoms with Crippen LogP contribution in [0.4, 0.5) is 0 Å². The van der Waals surface area contributed by atoms with E-state index in [4.69, 9.17) is 0 Å². The van der Waals surface area contributed by atoms with Crippen LogP contribution in [0.3, 0.4) is 0 Å². The van der Waals surface area contributed by atoms with Crippen molar-refractivity contribution >= 4 is 17.0 Å². The minimum absolute atomic E-state index is 0.00437. The van der Waals surface area contributed by atoms with Crippen molar-refractivity contribution in [2.24, 2.45) is 0 Å². The molecule has 22 heavy (non-hydrogen) atoms. The van der Waals surface area contributed by atoms with Crippen LogP contribution in [0, 0.1) is 6.92 Å². The maximum absolute atomic E-state index is 12.3. The van der Waals surface area contributed by atoms with E-state index < -0.39 is 0 Å². The molecule has 3 rings (SSSR count). The van der Waals surface area contributed by atoms with Gasteiger partial charge in [-0.1, -0.05) is 12.1 Å². The van der Waals surface area contributed by atoms with Crippen LogP contribution in [-0.2, 0) is 13.1 Å². The average Bonchev–Trinajstić information content (AvgIpc) is 3.00. The quantitative estimate of drug-likeness (QED) is 0.778. The summed E-state index contributed by atoms with van der Waals surface area (Å²) in [6, 6.07) is 9.80. The maximum atomic E-state index is 12.3. The Morgan fingerprint density at radius 1 is 1.27 bits per heavy atom. The SMILES string of the molecule is CC[NH+](Cc1cc(=O)n2cc(C)ccc2n1)Cc1cccs1. The fourth-order valence-corrected chi connectivity index (χ4v) is 3.35. The Morgan fingerprint density at radius 3 is 2.86 bits per heavy atom. The minimum Gasteiger partial charge on any atom is -0.326 e. The second-order valence-electron chi connectivity index (χ2n) is 5.56. The van der Waals surface area contributed by atoms with Gasteiger partial charge in [0.25, 0.3) is 5.56 Å². The lowest BCUT2D eigenvalue weighted by Gasteiger charge is -2.16. The lowest BCUT2D eigenvalue weighted by atomic mass is 10.3. The number of hydrogen-bond donors (Lipinski definition) is 1. The van der Waals surface area contributed by atoms with Crippen molar-refractivity contribution in [1.29, 1.82) is 0 Å². The summed E-state index contributed by atoms with van der Waals surface area (Å²) >= 11 is 1.78. The van der Waals surface area contributed by atoms with E-state index in [0.29, 0.717) is 0 Å². The molecule has 1 N–H and O–H groups in total. The highest BCUT2D eigenvalue weighted by Crippen LogP contribution is 2.06. The van der Waals surface area contributed by atoms with Crippen molar-refractivity contribution in [3.05, 3.63) is 68.4 Å². The van der Waals surface area contributed by atoms with Crippen LogP contribution in [0.25, 0.3) is 5.65 Å². The Bertz CT molecular complexity index is 824. The summed E-state index contributed by atoms with van der Waals surface area (Å²) in [6.45, 7) is 6.90. The first-order valence-corrected chi connectivity index (χ1v) is 8.38. The van der Waals surface area contributed by atoms with Crippen LogP contribution < -0.4 is 10.5 Å². The van der Waals surface area contributed by atoms with E-state index in [2.05, 4.69) is 29.4 Å². The van der Waals surface area contributed by atoms with Crippen molar-refractivity contribution in [3.63, 3.8) is 0 Å². The number of quaternary nitrogens is 1. The summed E-state index contributed by atoms with van der Waals surface area (Å²) < 4.78 is 1.61. The van der Waals surface area contributed by atoms with Crippen LogP contribution in [0.2, 0.25) is 0 Å². The first-order chi connectivity index (χ1) is 10.7. The summed E-state index contributed by atoms with van der Waals surface area (Å²) in [7, 11) is 0. The van der Waals surface area contributed by atoms with Gasteiger partial charge < -0.3 is 4.90 Å². The van der Waals surface area contributed by atoms with Crippen molar-refractivity contribution < 1.29 is 4.90 Å². The molecule has 1 atom stereocenters. The normalized spacial score (nSPS) is 12.6. The van der Waals surface area contributed by atoms with E-state index in [1.807, 2.05) is 25.3 Å². The molecule has 1 unspecified atom stereocenters. The molecule has 3 aromatic rings. The van der Waals surface area contributed by atoms with Gasteiger partial charge in [0.1, 0.15) is 24.4 Å². The van der Waals surface area contributed by atoms with Gasteiger partial charge in [-0.15, -0.1) is 11.3 Å². The number of aryl methyl sites for hydroxylation is 1. The number of nitrogens with one attached hydrogen (secondary N) is 1. The van der Waals surface area contributed by atoms with Gasteiger partial charge in [0.05, 0.1) is 11.4 Å². The molecule has 3 aromatic heterocycles. The first-order valence-electron chi connectivity index (χ1n) is 7.50. The molecule has 0 bridgehead atoms. The number of aromatic nitrogens is 2. The van der Waals surface area contributed by atoms with Gasteiger partial charge in [0, 0.05) is 12.3 Å². The van der Waals surface area contributed by atoms with Gasteiger partial charge in [-0.2, -0.15) is 0 Å². The van der Waals surface area contributed by atoms with Gasteiger partial charge in [-0.3, -0.25) is 9.20 Å². The number of hydrogen-bond acceptors (Lipinski definition) is 3. The molecule has 0 aliphatic rings. The number of rotatable bonds is 5. The van der Waals surface area contributed by atoms with Gasteiger partial charge in [0.15, 0.2) is 0 Å². The lowest BCUT2D eigenvalue weighted by molar-refractivity contribution is -0.925.